The summed E-state index contributed by atoms with van der Waals surface area (Å²) in [7, 11) is 0. The Morgan fingerprint density at radius 1 is 1.17 bits per heavy atom. The van der Waals surface area contributed by atoms with E-state index in [1.807, 2.05) is 19.9 Å². The molecule has 0 spiro atoms. The third kappa shape index (κ3) is 2.74. The zero-order valence-corrected chi connectivity index (χ0v) is 11.7. The Bertz CT molecular complexity index is 431. The number of carbonyl (C=O) groups is 1. The maximum atomic E-state index is 12.1. The molecule has 0 amide bonds. The van der Waals surface area contributed by atoms with E-state index in [9.17, 15) is 4.79 Å². The SMILES string of the molecule is Cc1ccc(C(=O)C(C)C)cc1N1CCCCC1. The largest absolute Gasteiger partial charge is 0.371 e. The summed E-state index contributed by atoms with van der Waals surface area (Å²) < 4.78 is 0. The topological polar surface area (TPSA) is 20.3 Å². The highest BCUT2D eigenvalue weighted by molar-refractivity contribution is 5.98. The van der Waals surface area contributed by atoms with E-state index in [0.717, 1.165) is 18.7 Å². The number of aryl methyl sites for hydroxylation is 1. The number of benzene rings is 1. The number of anilines is 1. The van der Waals surface area contributed by atoms with Crippen molar-refractivity contribution in [3.8, 4) is 0 Å². The highest BCUT2D eigenvalue weighted by atomic mass is 16.1. The lowest BCUT2D eigenvalue weighted by atomic mass is 9.98. The van der Waals surface area contributed by atoms with Gasteiger partial charge in [0.05, 0.1) is 0 Å². The van der Waals surface area contributed by atoms with Crippen molar-refractivity contribution in [1.82, 2.24) is 0 Å². The molecule has 0 radical (unpaired) electrons. The molecule has 1 aliphatic heterocycles. The molecule has 1 aromatic carbocycles. The number of hydrogen-bond donors (Lipinski definition) is 0. The van der Waals surface area contributed by atoms with Crippen molar-refractivity contribution in [2.24, 2.45) is 5.92 Å². The number of nitrogens with zero attached hydrogens (tertiary/aromatic N) is 1. The van der Waals surface area contributed by atoms with Crippen LogP contribution in [0.25, 0.3) is 0 Å². The van der Waals surface area contributed by atoms with E-state index >= 15 is 0 Å². The smallest absolute Gasteiger partial charge is 0.165 e. The number of rotatable bonds is 3. The van der Waals surface area contributed by atoms with Crippen LogP contribution < -0.4 is 4.90 Å². The maximum Gasteiger partial charge on any atom is 0.165 e. The molecule has 0 aromatic heterocycles. The Morgan fingerprint density at radius 3 is 2.44 bits per heavy atom. The van der Waals surface area contributed by atoms with Crippen LogP contribution in [-0.2, 0) is 0 Å². The van der Waals surface area contributed by atoms with Gasteiger partial charge in [-0.25, -0.2) is 0 Å². The first kappa shape index (κ1) is 13.1. The molecule has 1 saturated heterocycles. The molecule has 0 saturated carbocycles. The average Bonchev–Trinajstić information content (AvgIpc) is 2.39. The van der Waals surface area contributed by atoms with E-state index in [0.29, 0.717) is 0 Å². The van der Waals surface area contributed by atoms with Crippen molar-refractivity contribution in [2.75, 3.05) is 18.0 Å². The van der Waals surface area contributed by atoms with Gasteiger partial charge in [-0.15, -0.1) is 0 Å². The maximum absolute atomic E-state index is 12.1. The van der Waals surface area contributed by atoms with E-state index in [-0.39, 0.29) is 11.7 Å². The monoisotopic (exact) mass is 245 g/mol. The molecule has 98 valence electrons. The molecule has 0 bridgehead atoms. The molecule has 1 fully saturated rings. The second-order valence-corrected chi connectivity index (χ2v) is 5.57. The van der Waals surface area contributed by atoms with Gasteiger partial charge in [-0.3, -0.25) is 4.79 Å². The molecule has 0 atom stereocenters. The number of carbonyl (C=O) groups excluding carboxylic acids is 1. The second-order valence-electron chi connectivity index (χ2n) is 5.57. The molecular weight excluding hydrogens is 222 g/mol. The number of ketones is 1. The second kappa shape index (κ2) is 5.55. The van der Waals surface area contributed by atoms with Crippen molar-refractivity contribution in [1.29, 1.82) is 0 Å². The summed E-state index contributed by atoms with van der Waals surface area (Å²) in [6.45, 7) is 8.30. The lowest BCUT2D eigenvalue weighted by molar-refractivity contribution is 0.0939. The molecule has 0 N–H and O–H groups in total. The lowest BCUT2D eigenvalue weighted by Crippen LogP contribution is -2.30. The molecular formula is C16H23NO. The van der Waals surface area contributed by atoms with Gasteiger partial charge < -0.3 is 4.90 Å². The Hall–Kier alpha value is -1.31. The normalized spacial score (nSPS) is 16.1. The van der Waals surface area contributed by atoms with Crippen molar-refractivity contribution >= 4 is 11.5 Å². The molecule has 1 heterocycles. The average molecular weight is 245 g/mol. The van der Waals surface area contributed by atoms with Crippen molar-refractivity contribution in [3.05, 3.63) is 29.3 Å². The summed E-state index contributed by atoms with van der Waals surface area (Å²) >= 11 is 0. The van der Waals surface area contributed by atoms with Crippen molar-refractivity contribution in [2.45, 2.75) is 40.0 Å². The van der Waals surface area contributed by atoms with Crippen LogP contribution in [0.4, 0.5) is 5.69 Å². The fourth-order valence-corrected chi connectivity index (χ4v) is 2.57. The minimum Gasteiger partial charge on any atom is -0.371 e. The summed E-state index contributed by atoms with van der Waals surface area (Å²) in [5.41, 5.74) is 3.38. The third-order valence-corrected chi connectivity index (χ3v) is 3.71. The quantitative estimate of drug-likeness (QED) is 0.754. The molecule has 1 aliphatic rings. The van der Waals surface area contributed by atoms with Crippen molar-refractivity contribution < 1.29 is 4.79 Å². The molecule has 2 rings (SSSR count). The molecule has 2 heteroatoms. The summed E-state index contributed by atoms with van der Waals surface area (Å²) in [5.74, 6) is 0.315. The van der Waals surface area contributed by atoms with Gasteiger partial charge in [-0.2, -0.15) is 0 Å². The summed E-state index contributed by atoms with van der Waals surface area (Å²) in [4.78, 5) is 14.5. The van der Waals surface area contributed by atoms with Crippen molar-refractivity contribution in [3.63, 3.8) is 0 Å². The van der Waals surface area contributed by atoms with Gasteiger partial charge in [0, 0.05) is 30.3 Å². The molecule has 0 aliphatic carbocycles. The molecule has 2 nitrogen and oxygen atoms in total. The Labute approximate surface area is 110 Å². The Morgan fingerprint density at radius 2 is 1.83 bits per heavy atom. The van der Waals surface area contributed by atoms with Crippen LogP contribution in [0.2, 0.25) is 0 Å². The first-order chi connectivity index (χ1) is 8.59. The van der Waals surface area contributed by atoms with E-state index in [1.54, 1.807) is 0 Å². The summed E-state index contributed by atoms with van der Waals surface area (Å²) in [5, 5.41) is 0. The molecule has 0 unspecified atom stereocenters. The summed E-state index contributed by atoms with van der Waals surface area (Å²) in [6, 6.07) is 6.13. The highest BCUT2D eigenvalue weighted by Gasteiger charge is 2.16. The zero-order chi connectivity index (χ0) is 13.1. The van der Waals surface area contributed by atoms with E-state index < -0.39 is 0 Å². The zero-order valence-electron chi connectivity index (χ0n) is 11.7. The van der Waals surface area contributed by atoms with Gasteiger partial charge in [0.2, 0.25) is 0 Å². The van der Waals surface area contributed by atoms with Crippen LogP contribution in [-0.4, -0.2) is 18.9 Å². The Kier molecular flexibility index (Phi) is 4.05. The molecule has 1 aromatic rings. The fourth-order valence-electron chi connectivity index (χ4n) is 2.57. The first-order valence-electron chi connectivity index (χ1n) is 6.99. The fraction of sp³-hybridized carbons (Fsp3) is 0.562. The van der Waals surface area contributed by atoms with Crippen LogP contribution in [0.1, 0.15) is 49.0 Å². The first-order valence-corrected chi connectivity index (χ1v) is 6.99. The lowest BCUT2D eigenvalue weighted by Gasteiger charge is -2.30. The standard InChI is InChI=1S/C16H23NO/c1-12(2)16(18)14-8-7-13(3)15(11-14)17-9-5-4-6-10-17/h7-8,11-12H,4-6,9-10H2,1-3H3. The van der Waals surface area contributed by atoms with Crippen LogP contribution in [0.5, 0.6) is 0 Å². The van der Waals surface area contributed by atoms with E-state index in [2.05, 4.69) is 24.0 Å². The summed E-state index contributed by atoms with van der Waals surface area (Å²) in [6.07, 6.45) is 3.86. The number of hydrogen-bond acceptors (Lipinski definition) is 2. The highest BCUT2D eigenvalue weighted by Crippen LogP contribution is 2.26. The van der Waals surface area contributed by atoms with Gasteiger partial charge in [0.1, 0.15) is 0 Å². The number of Topliss-reactive ketones (excluding diaryl/α,β-unsaturated/α-hetero) is 1. The predicted molar refractivity (Wildman–Crippen MR) is 76.4 cm³/mol. The Balaban J connectivity index is 2.28. The van der Waals surface area contributed by atoms with Gasteiger partial charge >= 0.3 is 0 Å². The minimum absolute atomic E-state index is 0.0712. The van der Waals surface area contributed by atoms with Gasteiger partial charge in [0.25, 0.3) is 0 Å². The third-order valence-electron chi connectivity index (χ3n) is 3.71. The van der Waals surface area contributed by atoms with Gasteiger partial charge in [0.15, 0.2) is 5.78 Å². The van der Waals surface area contributed by atoms with Crippen LogP contribution in [0.15, 0.2) is 18.2 Å². The van der Waals surface area contributed by atoms with Crippen LogP contribution >= 0.6 is 0 Å². The van der Waals surface area contributed by atoms with E-state index in [1.165, 1.54) is 30.5 Å². The van der Waals surface area contributed by atoms with Gasteiger partial charge in [-0.1, -0.05) is 26.0 Å². The van der Waals surface area contributed by atoms with Crippen LogP contribution in [0.3, 0.4) is 0 Å². The molecule has 18 heavy (non-hydrogen) atoms. The predicted octanol–water partition coefficient (Wildman–Crippen LogP) is 3.82. The van der Waals surface area contributed by atoms with Gasteiger partial charge in [-0.05, 0) is 37.8 Å². The van der Waals surface area contributed by atoms with Crippen LogP contribution in [0, 0.1) is 12.8 Å². The number of piperidine rings is 1. The van der Waals surface area contributed by atoms with E-state index in [4.69, 9.17) is 0 Å². The minimum atomic E-state index is 0.0712.